The molecule has 6 heterocycles. The number of hydrogen-bond donors (Lipinski definition) is 22. The lowest BCUT2D eigenvalue weighted by Gasteiger charge is -2.47. The number of hydrogen-bond acceptors (Lipinski definition) is 33. The van der Waals surface area contributed by atoms with Gasteiger partial charge in [0.1, 0.15) is 94.6 Å². The number of nitrogens with zero attached hydrogens (tertiary/aromatic N) is 5. The van der Waals surface area contributed by atoms with E-state index in [9.17, 15) is 74.4 Å². The highest BCUT2D eigenvalue weighted by Gasteiger charge is 2.54. The Morgan fingerprint density at radius 2 is 1.44 bits per heavy atom. The Morgan fingerprint density at radius 3 is 2.09 bits per heavy atom. The van der Waals surface area contributed by atoms with E-state index in [2.05, 4.69) is 67.1 Å². The van der Waals surface area contributed by atoms with Gasteiger partial charge in [0.05, 0.1) is 72.7 Å². The molecular formula is C57H89N19O21S2. The van der Waals surface area contributed by atoms with Gasteiger partial charge in [0, 0.05) is 48.8 Å². The average Bonchev–Trinajstić information content (AvgIpc) is 1.07. The number of nitrogens with one attached hydrogen (secondary N) is 8. The number of imidazole rings is 1. The number of carbonyl (C=O) groups is 8. The lowest BCUT2D eigenvalue weighted by atomic mass is 9.96. The zero-order chi connectivity index (χ0) is 72.9. The highest BCUT2D eigenvalue weighted by atomic mass is 32.1. The van der Waals surface area contributed by atoms with Gasteiger partial charge >= 0.3 is 6.09 Å². The maximum absolute atomic E-state index is 15.2. The molecule has 4 aromatic rings. The van der Waals surface area contributed by atoms with Crippen LogP contribution in [0.2, 0.25) is 0 Å². The number of nitrogens with two attached hydrogens (primary N) is 6. The van der Waals surface area contributed by atoms with Crippen molar-refractivity contribution in [1.29, 1.82) is 0 Å². The lowest BCUT2D eigenvalue weighted by Crippen LogP contribution is -2.65. The monoisotopic (exact) mass is 1440 g/mol. The summed E-state index contributed by atoms with van der Waals surface area (Å²) in [6.07, 6.45) is -22.5. The molecular weight excluding hydrogens is 1350 g/mol. The number of thiazole rings is 2. The maximum Gasteiger partial charge on any atom is 0.404 e. The van der Waals surface area contributed by atoms with Crippen LogP contribution in [0.3, 0.4) is 0 Å². The number of H-pyrrole nitrogens is 1. The molecule has 8 amide bonds. The van der Waals surface area contributed by atoms with E-state index in [-0.39, 0.29) is 54.0 Å². The number of aliphatic hydroxyl groups is 8. The fraction of sp³-hybridized carbons (Fsp3) is 0.632. The number of carbonyl (C=O) groups excluding carboxylic acids is 8. The van der Waals surface area contributed by atoms with E-state index in [0.29, 0.717) is 28.8 Å². The van der Waals surface area contributed by atoms with Crippen molar-refractivity contribution in [3.63, 3.8) is 0 Å². The number of amides is 8. The molecule has 99 heavy (non-hydrogen) atoms. The van der Waals surface area contributed by atoms with E-state index in [1.807, 2.05) is 0 Å². The van der Waals surface area contributed by atoms with Gasteiger partial charge in [-0.15, -0.1) is 22.7 Å². The first kappa shape index (κ1) is 80.2. The highest BCUT2D eigenvalue weighted by molar-refractivity contribution is 7.14. The van der Waals surface area contributed by atoms with E-state index >= 15 is 4.79 Å². The van der Waals surface area contributed by atoms with E-state index in [1.165, 1.54) is 50.4 Å². The van der Waals surface area contributed by atoms with Crippen LogP contribution >= 0.6 is 22.7 Å². The zero-order valence-corrected chi connectivity index (χ0v) is 56.0. The van der Waals surface area contributed by atoms with Crippen molar-refractivity contribution in [3.8, 4) is 10.7 Å². The molecule has 2 fully saturated rings. The molecule has 0 aliphatic carbocycles. The number of aliphatic hydroxyl groups excluding tert-OH is 8. The minimum atomic E-state index is -2.20. The van der Waals surface area contributed by atoms with Gasteiger partial charge in [-0.2, -0.15) is 0 Å². The summed E-state index contributed by atoms with van der Waals surface area (Å²) in [4.78, 5) is 131. The van der Waals surface area contributed by atoms with Gasteiger partial charge in [-0.3, -0.25) is 33.6 Å². The van der Waals surface area contributed by atoms with Crippen molar-refractivity contribution in [1.82, 2.24) is 67.1 Å². The van der Waals surface area contributed by atoms with Crippen molar-refractivity contribution in [2.75, 3.05) is 58.2 Å². The first-order chi connectivity index (χ1) is 47.0. The molecule has 2 aliphatic heterocycles. The van der Waals surface area contributed by atoms with Crippen LogP contribution in [-0.4, -0.2) is 268 Å². The van der Waals surface area contributed by atoms with Crippen LogP contribution in [-0.2, 0) is 54.1 Å². The molecule has 0 saturated carbocycles. The third kappa shape index (κ3) is 22.1. The van der Waals surface area contributed by atoms with Gasteiger partial charge in [-0.1, -0.05) is 6.92 Å². The standard InChI is InChI=1S/C57H89N19O21S2/c1-22-35(73-48(76-46(22)61)27(14-33(60)80)68-15-26(59)47(62)86)52(90)75-37(43(28-16-65-21-69-28)95-56-45(41(84)39(82)31(17-77)94-56)96-55-42(85)44(97-57(63)92)40(83)32(18-78)93-55)53(91)70-24(3)38(81)23(2)49(87)74-36(25(4)79)51(89)67-13-8-34-71-30(20-98-34)54-72-29(19-99-54)50(88)66-12-7-11-64-10-6-5-9-58/h16,19-21,23-27,31-32,36-45,55-56,64,68,77-79,81-85H,5-15,17-18,58-59H2,1-4H3,(H2,60,80)(H2,62,86)(H2,63,92)(H,65,69)(H,66,88)(H,67,89)(H,70,91)(H,74,87)(H,75,90)(H2,61,73,76)/t23-,24+,25?,26+,27-,31-,32+,36-,37-,38-,39+,40+,41-,42-,43-,44-,45-,55+,56-/m0/s1. The van der Waals surface area contributed by atoms with Crippen LogP contribution < -0.4 is 71.6 Å². The number of anilines is 1. The molecule has 0 radical (unpaired) electrons. The van der Waals surface area contributed by atoms with Gasteiger partial charge in [-0.05, 0) is 59.7 Å². The minimum absolute atomic E-state index is 0.0140. The Morgan fingerprint density at radius 1 is 0.747 bits per heavy atom. The molecule has 2 aliphatic rings. The maximum atomic E-state index is 15.2. The molecule has 28 N–H and O–H groups in total. The Bertz CT molecular complexity index is 3320. The van der Waals surface area contributed by atoms with Crippen molar-refractivity contribution in [3.05, 3.63) is 56.8 Å². The predicted molar refractivity (Wildman–Crippen MR) is 346 cm³/mol. The second-order valence-electron chi connectivity index (χ2n) is 23.4. The largest absolute Gasteiger partial charge is 0.441 e. The molecule has 550 valence electrons. The van der Waals surface area contributed by atoms with Crippen molar-refractivity contribution < 1.29 is 103 Å². The number of ether oxygens (including phenoxy) is 5. The number of aromatic amines is 1. The molecule has 6 rings (SSSR count). The number of rotatable bonds is 39. The van der Waals surface area contributed by atoms with E-state index in [4.69, 9.17) is 58.1 Å². The van der Waals surface area contributed by atoms with Gasteiger partial charge in [-0.25, -0.2) is 29.7 Å². The molecule has 0 bridgehead atoms. The fourth-order valence-corrected chi connectivity index (χ4v) is 11.8. The number of primary amides is 3. The van der Waals surface area contributed by atoms with Crippen LogP contribution in [0.1, 0.15) is 102 Å². The first-order valence-corrected chi connectivity index (χ1v) is 33.1. The summed E-state index contributed by atoms with van der Waals surface area (Å²) in [5, 5.41) is 111. The van der Waals surface area contributed by atoms with Gasteiger partial charge in [0.15, 0.2) is 18.7 Å². The number of nitrogen functional groups attached to an aromatic ring is 1. The summed E-state index contributed by atoms with van der Waals surface area (Å²) >= 11 is 2.50. The smallest absolute Gasteiger partial charge is 0.404 e. The summed E-state index contributed by atoms with van der Waals surface area (Å²) in [6, 6.07) is -7.87. The van der Waals surface area contributed by atoms with Crippen LogP contribution in [0.25, 0.3) is 10.7 Å². The fourth-order valence-electron chi connectivity index (χ4n) is 10.2. The number of aromatic nitrogens is 6. The zero-order valence-electron chi connectivity index (χ0n) is 54.4. The highest BCUT2D eigenvalue weighted by Crippen LogP contribution is 2.35. The Kier molecular flexibility index (Phi) is 30.9. The molecule has 0 aromatic carbocycles. The van der Waals surface area contributed by atoms with Crippen LogP contribution in [0, 0.1) is 12.8 Å². The molecule has 2 saturated heterocycles. The summed E-state index contributed by atoms with van der Waals surface area (Å²) < 4.78 is 28.7. The van der Waals surface area contributed by atoms with Crippen molar-refractivity contribution in [2.45, 2.75) is 170 Å². The molecule has 19 atom stereocenters. The summed E-state index contributed by atoms with van der Waals surface area (Å²) in [7, 11) is 0. The van der Waals surface area contributed by atoms with Crippen molar-refractivity contribution in [2.24, 2.45) is 34.6 Å². The Hall–Kier alpha value is -7.73. The SMILES string of the molecule is Cc1c(N)nc([C@H](CC(N)=O)NC[C@@H](N)C(N)=O)nc1C(=O)N[C@H](C(=O)N[C@H](C)[C@@H](O)[C@H](C)C(=O)N[C@H](C(=O)NCCc1nc(-c2nc(C(=O)NCCCNCCCCN)cs2)cs1)C(C)O)[C@@H](O[C@@H]1O[C@@H](CO)[C@@H](O)[C@H](O)[C@@H]1O[C@H]1O[C@H](CO)[C@@H](O)[C@H](OC(N)=O)[C@@H]1O)c1cnc[nH]1. The first-order valence-electron chi connectivity index (χ1n) is 31.4. The molecule has 1 unspecified atom stereocenters. The average molecular weight is 1440 g/mol. The molecule has 4 aromatic heterocycles. The molecule has 42 heteroatoms. The van der Waals surface area contributed by atoms with Gasteiger partial charge < -0.3 is 141 Å². The second kappa shape index (κ2) is 38.2. The molecule has 40 nitrogen and oxygen atoms in total. The lowest BCUT2D eigenvalue weighted by molar-refractivity contribution is -0.372. The summed E-state index contributed by atoms with van der Waals surface area (Å²) in [6.45, 7) is 5.29. The quantitative estimate of drug-likeness (QED) is 0.0185. The third-order valence-electron chi connectivity index (χ3n) is 15.9. The van der Waals surface area contributed by atoms with Crippen LogP contribution in [0.4, 0.5) is 10.6 Å². The third-order valence-corrected chi connectivity index (χ3v) is 17.7. The normalized spacial score (nSPS) is 23.6. The minimum Gasteiger partial charge on any atom is -0.441 e. The van der Waals surface area contributed by atoms with Crippen LogP contribution in [0.5, 0.6) is 0 Å². The summed E-state index contributed by atoms with van der Waals surface area (Å²) in [5.74, 6) is -8.74. The van der Waals surface area contributed by atoms with E-state index in [0.717, 1.165) is 44.9 Å². The number of unbranched alkanes of at least 4 members (excludes halogenated alkanes) is 1. The molecule has 0 spiro atoms. The van der Waals surface area contributed by atoms with Crippen LogP contribution in [0.15, 0.2) is 23.3 Å². The van der Waals surface area contributed by atoms with E-state index in [1.54, 1.807) is 10.8 Å². The second-order valence-corrected chi connectivity index (χ2v) is 25.2. The van der Waals surface area contributed by atoms with Crippen molar-refractivity contribution >= 4 is 75.9 Å². The Balaban J connectivity index is 1.23. The van der Waals surface area contributed by atoms with Gasteiger partial charge in [0.25, 0.3) is 11.8 Å². The summed E-state index contributed by atoms with van der Waals surface area (Å²) in [5.41, 5.74) is 33.6. The predicted octanol–water partition coefficient (Wildman–Crippen LogP) is -8.25. The Labute approximate surface area is 573 Å². The van der Waals surface area contributed by atoms with E-state index < -0.39 is 183 Å². The topological polar surface area (TPSA) is 665 Å². The van der Waals surface area contributed by atoms with Gasteiger partial charge in [0.2, 0.25) is 29.5 Å².